The average molecular weight is 145 g/mol. The van der Waals surface area contributed by atoms with Crippen molar-refractivity contribution in [1.82, 2.24) is 4.98 Å². The fraction of sp³-hybridized carbons (Fsp3) is 0.300. The molecule has 0 amide bonds. The van der Waals surface area contributed by atoms with Crippen LogP contribution in [0.15, 0.2) is 24.4 Å². The number of aromatic nitrogens is 1. The van der Waals surface area contributed by atoms with Gasteiger partial charge in [0.1, 0.15) is 0 Å². The maximum atomic E-state index is 4.27. The van der Waals surface area contributed by atoms with Crippen molar-refractivity contribution in [3.8, 4) is 0 Å². The molecule has 0 N–H and O–H groups in total. The van der Waals surface area contributed by atoms with E-state index in [4.69, 9.17) is 0 Å². The molecule has 11 heavy (non-hydrogen) atoms. The van der Waals surface area contributed by atoms with Crippen LogP contribution >= 0.6 is 0 Å². The summed E-state index contributed by atoms with van der Waals surface area (Å²) in [6, 6.07) is 4.16. The van der Waals surface area contributed by atoms with E-state index >= 15 is 0 Å². The third-order valence-corrected chi connectivity index (χ3v) is 2.05. The predicted octanol–water partition coefficient (Wildman–Crippen LogP) is 2.29. The molecule has 1 aromatic rings. The molecule has 1 unspecified atom stereocenters. The van der Waals surface area contributed by atoms with Crippen LogP contribution in [0.2, 0.25) is 0 Å². The van der Waals surface area contributed by atoms with Gasteiger partial charge in [0.15, 0.2) is 0 Å². The van der Waals surface area contributed by atoms with Crippen molar-refractivity contribution >= 4 is 6.08 Å². The highest BCUT2D eigenvalue weighted by atomic mass is 14.7. The van der Waals surface area contributed by atoms with Crippen molar-refractivity contribution in [2.24, 2.45) is 5.92 Å². The van der Waals surface area contributed by atoms with E-state index in [0.29, 0.717) is 5.92 Å². The van der Waals surface area contributed by atoms with Crippen molar-refractivity contribution in [2.45, 2.75) is 13.3 Å². The van der Waals surface area contributed by atoms with E-state index in [1.54, 1.807) is 0 Å². The summed E-state index contributed by atoms with van der Waals surface area (Å²) in [7, 11) is 0. The van der Waals surface area contributed by atoms with Crippen LogP contribution in [0.3, 0.4) is 0 Å². The molecular weight excluding hydrogens is 134 g/mol. The van der Waals surface area contributed by atoms with E-state index in [1.807, 2.05) is 12.3 Å². The van der Waals surface area contributed by atoms with E-state index in [9.17, 15) is 0 Å². The Morgan fingerprint density at radius 1 is 1.55 bits per heavy atom. The maximum absolute atomic E-state index is 4.27. The lowest BCUT2D eigenvalue weighted by Gasteiger charge is -2.13. The Balaban J connectivity index is 2.46. The molecule has 1 heterocycles. The van der Waals surface area contributed by atoms with Crippen molar-refractivity contribution in [1.29, 1.82) is 0 Å². The van der Waals surface area contributed by atoms with Crippen molar-refractivity contribution in [3.05, 3.63) is 35.7 Å². The molecule has 0 bridgehead atoms. The highest BCUT2D eigenvalue weighted by Gasteiger charge is 2.08. The maximum Gasteiger partial charge on any atom is 0.0658 e. The van der Waals surface area contributed by atoms with Crippen LogP contribution in [0.4, 0.5) is 0 Å². The highest BCUT2D eigenvalue weighted by molar-refractivity contribution is 5.52. The smallest absolute Gasteiger partial charge is 0.0658 e. The SMILES string of the molecule is CC1C=Cc2ncccc2C1. The monoisotopic (exact) mass is 145 g/mol. The van der Waals surface area contributed by atoms with Crippen LogP contribution < -0.4 is 0 Å². The second-order valence-corrected chi connectivity index (χ2v) is 3.09. The Morgan fingerprint density at radius 3 is 3.36 bits per heavy atom. The Morgan fingerprint density at radius 2 is 2.45 bits per heavy atom. The number of allylic oxidation sites excluding steroid dienone is 1. The summed E-state index contributed by atoms with van der Waals surface area (Å²) < 4.78 is 0. The van der Waals surface area contributed by atoms with Gasteiger partial charge in [0.05, 0.1) is 5.69 Å². The minimum absolute atomic E-state index is 0.673. The topological polar surface area (TPSA) is 12.9 Å². The molecule has 1 aliphatic rings. The molecule has 0 aliphatic heterocycles. The molecule has 0 saturated heterocycles. The van der Waals surface area contributed by atoms with Gasteiger partial charge in [-0.25, -0.2) is 0 Å². The number of nitrogens with zero attached hydrogens (tertiary/aromatic N) is 1. The first-order valence-corrected chi connectivity index (χ1v) is 3.98. The van der Waals surface area contributed by atoms with Gasteiger partial charge in [-0.1, -0.05) is 19.1 Å². The third-order valence-electron chi connectivity index (χ3n) is 2.05. The quantitative estimate of drug-likeness (QED) is 0.545. The van der Waals surface area contributed by atoms with Crippen LogP contribution in [0, 0.1) is 5.92 Å². The van der Waals surface area contributed by atoms with Crippen molar-refractivity contribution < 1.29 is 0 Å². The summed E-state index contributed by atoms with van der Waals surface area (Å²) in [5, 5.41) is 0. The van der Waals surface area contributed by atoms with Gasteiger partial charge in [-0.3, -0.25) is 4.98 Å². The fourth-order valence-electron chi connectivity index (χ4n) is 1.44. The molecule has 1 nitrogen and oxygen atoms in total. The van der Waals surface area contributed by atoms with Gasteiger partial charge < -0.3 is 0 Å². The molecule has 2 rings (SSSR count). The Labute approximate surface area is 66.8 Å². The third kappa shape index (κ3) is 1.18. The first-order valence-electron chi connectivity index (χ1n) is 3.98. The zero-order valence-electron chi connectivity index (χ0n) is 6.62. The molecule has 0 aromatic carbocycles. The fourth-order valence-corrected chi connectivity index (χ4v) is 1.44. The summed E-state index contributed by atoms with van der Waals surface area (Å²) in [6.45, 7) is 2.23. The zero-order chi connectivity index (χ0) is 7.68. The number of rotatable bonds is 0. The Hall–Kier alpha value is -1.11. The molecule has 0 saturated carbocycles. The van der Waals surface area contributed by atoms with Crippen molar-refractivity contribution in [3.63, 3.8) is 0 Å². The van der Waals surface area contributed by atoms with E-state index in [2.05, 4.69) is 30.1 Å². The van der Waals surface area contributed by atoms with Gasteiger partial charge in [-0.2, -0.15) is 0 Å². The average Bonchev–Trinajstić information content (AvgIpc) is 2.04. The second kappa shape index (κ2) is 2.50. The van der Waals surface area contributed by atoms with Crippen LogP contribution in [-0.2, 0) is 6.42 Å². The summed E-state index contributed by atoms with van der Waals surface area (Å²) in [5.74, 6) is 0.673. The van der Waals surface area contributed by atoms with Gasteiger partial charge >= 0.3 is 0 Å². The molecule has 1 aliphatic carbocycles. The van der Waals surface area contributed by atoms with Gasteiger partial charge in [0.2, 0.25) is 0 Å². The highest BCUT2D eigenvalue weighted by Crippen LogP contribution is 2.19. The van der Waals surface area contributed by atoms with Gasteiger partial charge in [-0.15, -0.1) is 0 Å². The van der Waals surface area contributed by atoms with E-state index in [-0.39, 0.29) is 0 Å². The molecule has 0 fully saturated rings. The van der Waals surface area contributed by atoms with Gasteiger partial charge in [0, 0.05) is 6.20 Å². The van der Waals surface area contributed by atoms with Crippen LogP contribution in [0.5, 0.6) is 0 Å². The van der Waals surface area contributed by atoms with E-state index in [1.165, 1.54) is 5.56 Å². The molecule has 56 valence electrons. The molecular formula is C10H11N. The normalized spacial score (nSPS) is 21.4. The minimum Gasteiger partial charge on any atom is -0.257 e. The van der Waals surface area contributed by atoms with Crippen LogP contribution in [0.1, 0.15) is 18.2 Å². The summed E-state index contributed by atoms with van der Waals surface area (Å²) >= 11 is 0. The summed E-state index contributed by atoms with van der Waals surface area (Å²) in [6.07, 6.45) is 7.32. The predicted molar refractivity (Wildman–Crippen MR) is 46.1 cm³/mol. The number of fused-ring (bicyclic) bond motifs is 1. The summed E-state index contributed by atoms with van der Waals surface area (Å²) in [4.78, 5) is 4.27. The standard InChI is InChI=1S/C10H11N/c1-8-4-5-10-9(7-8)3-2-6-11-10/h2-6,8H,7H2,1H3. The van der Waals surface area contributed by atoms with Crippen LogP contribution in [0.25, 0.3) is 6.08 Å². The lowest BCUT2D eigenvalue weighted by molar-refractivity contribution is 0.713. The molecule has 1 atom stereocenters. The number of hydrogen-bond donors (Lipinski definition) is 0. The van der Waals surface area contributed by atoms with Gasteiger partial charge in [0.25, 0.3) is 0 Å². The Kier molecular flexibility index (Phi) is 1.50. The molecule has 0 radical (unpaired) electrons. The first-order chi connectivity index (χ1) is 5.36. The second-order valence-electron chi connectivity index (χ2n) is 3.09. The first kappa shape index (κ1) is 6.59. The lowest BCUT2D eigenvalue weighted by Crippen LogP contribution is -2.03. The minimum atomic E-state index is 0.673. The summed E-state index contributed by atoms with van der Waals surface area (Å²) in [5.41, 5.74) is 2.52. The number of pyridine rings is 1. The Bertz CT molecular complexity index is 289. The lowest BCUT2D eigenvalue weighted by atomic mass is 9.94. The largest absolute Gasteiger partial charge is 0.257 e. The van der Waals surface area contributed by atoms with E-state index in [0.717, 1.165) is 12.1 Å². The molecule has 0 spiro atoms. The number of hydrogen-bond acceptors (Lipinski definition) is 1. The van der Waals surface area contributed by atoms with Crippen molar-refractivity contribution in [2.75, 3.05) is 0 Å². The van der Waals surface area contributed by atoms with E-state index < -0.39 is 0 Å². The van der Waals surface area contributed by atoms with Crippen LogP contribution in [-0.4, -0.2) is 4.98 Å². The molecule has 1 heteroatoms. The zero-order valence-corrected chi connectivity index (χ0v) is 6.62. The molecule has 1 aromatic heterocycles. The van der Waals surface area contributed by atoms with Gasteiger partial charge in [-0.05, 0) is 30.0 Å².